The maximum absolute atomic E-state index is 9.44. The Balaban J connectivity index is 1.54. The van der Waals surface area contributed by atoms with Gasteiger partial charge in [-0.15, -0.1) is 0 Å². The first-order valence-electron chi connectivity index (χ1n) is 13.8. The summed E-state index contributed by atoms with van der Waals surface area (Å²) in [4.78, 5) is 5.00. The zero-order valence-electron chi connectivity index (χ0n) is 23.5. The number of rotatable bonds is 2. The molecule has 2 aromatic heterocycles. The molecule has 0 aliphatic heterocycles. The first-order valence-corrected chi connectivity index (χ1v) is 15.6. The average Bonchev–Trinajstić information content (AvgIpc) is 3.25. The number of fused-ring (bicyclic) bond motifs is 4. The Morgan fingerprint density at radius 2 is 1.64 bits per heavy atom. The average molecular weight is 588 g/mol. The van der Waals surface area contributed by atoms with Crippen LogP contribution in [0.4, 0.5) is 0 Å². The van der Waals surface area contributed by atoms with Crippen LogP contribution in [-0.2, 0) is 5.41 Å². The van der Waals surface area contributed by atoms with Crippen LogP contribution in [0.1, 0.15) is 84.3 Å². The predicted molar refractivity (Wildman–Crippen MR) is 158 cm³/mol. The maximum atomic E-state index is 9.44. The van der Waals surface area contributed by atoms with Crippen LogP contribution in [0.5, 0.6) is 0 Å². The Kier molecular flexibility index (Phi) is 5.57. The minimum atomic E-state index is -0.608. The summed E-state index contributed by atoms with van der Waals surface area (Å²) in [5.74, 6) is -0.447. The Hall–Kier alpha value is -2.14. The summed E-state index contributed by atoms with van der Waals surface area (Å²) in [7, 11) is 0. The Bertz CT molecular complexity index is 1660. The van der Waals surface area contributed by atoms with Gasteiger partial charge in [-0.2, -0.15) is 0 Å². The van der Waals surface area contributed by atoms with Gasteiger partial charge in [0.1, 0.15) is 0 Å². The van der Waals surface area contributed by atoms with E-state index in [0.717, 1.165) is 31.4 Å². The monoisotopic (exact) mass is 590 g/mol. The van der Waals surface area contributed by atoms with Crippen molar-refractivity contribution in [3.05, 3.63) is 77.5 Å². The summed E-state index contributed by atoms with van der Waals surface area (Å²) in [6.45, 7) is 13.9. The minimum absolute atomic E-state index is 0.0513. The molecule has 0 N–H and O–H groups in total. The number of aryl methyl sites for hydroxylation is 1. The topological polar surface area (TPSA) is 12.9 Å². The van der Waals surface area contributed by atoms with Gasteiger partial charge in [0, 0.05) is 0 Å². The molecule has 0 bridgehead atoms. The van der Waals surface area contributed by atoms with Crippen LogP contribution in [-0.4, -0.2) is 25.4 Å². The molecule has 5 aromatic rings. The van der Waals surface area contributed by atoms with Gasteiger partial charge in [0.05, 0.1) is 0 Å². The first kappa shape index (κ1) is 23.0. The second kappa shape index (κ2) is 8.72. The van der Waals surface area contributed by atoms with E-state index in [4.69, 9.17) is 4.98 Å². The van der Waals surface area contributed by atoms with Crippen molar-refractivity contribution in [3.63, 3.8) is 0 Å². The van der Waals surface area contributed by atoms with Gasteiger partial charge >= 0.3 is 228 Å². The van der Waals surface area contributed by atoms with Crippen molar-refractivity contribution in [3.8, 4) is 11.3 Å². The van der Waals surface area contributed by atoms with E-state index in [0.29, 0.717) is 5.41 Å². The molecule has 0 spiro atoms. The second-order valence-corrected chi connectivity index (χ2v) is 15.4. The quantitative estimate of drug-likeness (QED) is 0.187. The van der Waals surface area contributed by atoms with Crippen molar-refractivity contribution in [2.75, 3.05) is 0 Å². The number of pyridine rings is 1. The van der Waals surface area contributed by atoms with E-state index < -0.39 is 26.3 Å². The summed E-state index contributed by atoms with van der Waals surface area (Å²) >= 11 is -0.608. The fraction of sp³-hybridized carbons (Fsp3) is 0.382. The fourth-order valence-corrected chi connectivity index (χ4v) is 9.80. The van der Waals surface area contributed by atoms with Crippen molar-refractivity contribution in [2.45, 2.75) is 78.5 Å². The summed E-state index contributed by atoms with van der Waals surface area (Å²) in [6.07, 6.45) is 6.20. The van der Waals surface area contributed by atoms with Gasteiger partial charge in [-0.25, -0.2) is 0 Å². The van der Waals surface area contributed by atoms with E-state index in [-0.39, 0.29) is 5.41 Å². The predicted octanol–water partition coefficient (Wildman–Crippen LogP) is 9.55. The van der Waals surface area contributed by atoms with Gasteiger partial charge in [-0.05, 0) is 0 Å². The van der Waals surface area contributed by atoms with E-state index in [1.165, 1.54) is 50.6 Å². The van der Waals surface area contributed by atoms with Crippen LogP contribution < -0.4 is 0 Å². The summed E-state index contributed by atoms with van der Waals surface area (Å²) < 4.78 is 12.4. The molecule has 0 amide bonds. The number of hydrogen-bond donors (Lipinski definition) is 0. The SMILES string of the molecule is [2H]C1(c2ccc3c([te]c4c(-c5cc(C(C)(C)C)c6ccccc6c5)nccc43)c2C)CCC(C)(C)CC1. The van der Waals surface area contributed by atoms with Gasteiger partial charge < -0.3 is 0 Å². The molecule has 1 fully saturated rings. The van der Waals surface area contributed by atoms with Crippen LogP contribution >= 0.6 is 0 Å². The molecule has 2 heteroatoms. The Morgan fingerprint density at radius 3 is 2.39 bits per heavy atom. The molecule has 184 valence electrons. The number of aromatic nitrogens is 1. The van der Waals surface area contributed by atoms with Crippen LogP contribution in [0.15, 0.2) is 60.8 Å². The molecular formula is C34H37NTe. The van der Waals surface area contributed by atoms with E-state index in [9.17, 15) is 1.37 Å². The molecule has 0 radical (unpaired) electrons. The first-order chi connectivity index (χ1) is 17.5. The normalized spacial score (nSPS) is 18.1. The van der Waals surface area contributed by atoms with E-state index in [1.807, 2.05) is 6.20 Å². The number of nitrogens with zero attached hydrogens (tertiary/aromatic N) is 1. The molecule has 3 aromatic carbocycles. The number of benzene rings is 3. The molecule has 1 aliphatic carbocycles. The molecule has 6 rings (SSSR count). The molecule has 1 saturated carbocycles. The molecule has 36 heavy (non-hydrogen) atoms. The molecule has 0 unspecified atom stereocenters. The van der Waals surface area contributed by atoms with Crippen molar-refractivity contribution in [2.24, 2.45) is 5.41 Å². The van der Waals surface area contributed by atoms with Crippen LogP contribution in [0.2, 0.25) is 0 Å². The molecule has 1 aliphatic rings. The summed E-state index contributed by atoms with van der Waals surface area (Å²) in [6, 6.07) is 20.3. The van der Waals surface area contributed by atoms with E-state index in [2.05, 4.69) is 96.1 Å². The molecule has 1 nitrogen and oxygen atoms in total. The van der Waals surface area contributed by atoms with Gasteiger partial charge in [-0.3, -0.25) is 0 Å². The van der Waals surface area contributed by atoms with Crippen LogP contribution in [0.25, 0.3) is 39.6 Å². The Morgan fingerprint density at radius 1 is 0.917 bits per heavy atom. The molecule has 2 heterocycles. The third kappa shape index (κ3) is 4.12. The standard InChI is InChI=1S/C34H37NTe/c1-21-25(22-13-16-34(5,6)17-14-22)11-12-27-28-15-18-35-30(32(28)36-31(21)27)24-19-23-9-7-8-10-26(23)29(20-24)33(2,3)4/h7-12,15,18-20,22H,13-14,16-17H2,1-6H3/i22D. The van der Waals surface area contributed by atoms with E-state index in [1.54, 1.807) is 0 Å². The van der Waals surface area contributed by atoms with Gasteiger partial charge in [0.15, 0.2) is 0 Å². The molecule has 0 saturated heterocycles. The molecular weight excluding hydrogens is 550 g/mol. The number of hydrogen-bond acceptors (Lipinski definition) is 1. The van der Waals surface area contributed by atoms with Crippen molar-refractivity contribution < 1.29 is 1.37 Å². The summed E-state index contributed by atoms with van der Waals surface area (Å²) in [5, 5.41) is 5.38. The zero-order chi connectivity index (χ0) is 26.2. The van der Waals surface area contributed by atoms with Gasteiger partial charge in [-0.1, -0.05) is 0 Å². The van der Waals surface area contributed by atoms with Crippen molar-refractivity contribution >= 4 is 48.8 Å². The van der Waals surface area contributed by atoms with Crippen LogP contribution in [0, 0.1) is 12.3 Å². The second-order valence-electron chi connectivity index (χ2n) is 12.5. The third-order valence-electron chi connectivity index (χ3n) is 8.34. The summed E-state index contributed by atoms with van der Waals surface area (Å²) in [5.41, 5.74) is 6.85. The zero-order valence-corrected chi connectivity index (χ0v) is 24.8. The third-order valence-corrected chi connectivity index (χ3v) is 12.2. The van der Waals surface area contributed by atoms with Crippen molar-refractivity contribution in [1.82, 2.24) is 4.98 Å². The van der Waals surface area contributed by atoms with Gasteiger partial charge in [0.2, 0.25) is 0 Å². The Labute approximate surface area is 227 Å². The molecule has 0 atom stereocenters. The van der Waals surface area contributed by atoms with Gasteiger partial charge in [0.25, 0.3) is 0 Å². The van der Waals surface area contributed by atoms with E-state index >= 15 is 0 Å². The fourth-order valence-electron chi connectivity index (χ4n) is 6.06. The van der Waals surface area contributed by atoms with Crippen molar-refractivity contribution in [1.29, 1.82) is 0 Å². The van der Waals surface area contributed by atoms with Crippen LogP contribution in [0.3, 0.4) is 0 Å².